The second-order valence-electron chi connectivity index (χ2n) is 2.68. The maximum Gasteiger partial charge on any atom is 0.358 e. The number of ether oxygens (including phenoxy) is 1. The lowest BCUT2D eigenvalue weighted by Gasteiger charge is -1.98. The molecule has 0 saturated carbocycles. The molecule has 2 heterocycles. The first-order valence-electron chi connectivity index (χ1n) is 3.90. The fraction of sp³-hybridized carbons (Fsp3) is 0.125. The normalized spacial score (nSPS) is 10.4. The zero-order valence-electron chi connectivity index (χ0n) is 7.44. The highest BCUT2D eigenvalue weighted by atomic mass is 16.5. The first kappa shape index (κ1) is 8.49. The van der Waals surface area contributed by atoms with Crippen molar-refractivity contribution in [2.45, 2.75) is 0 Å². The van der Waals surface area contributed by atoms with E-state index in [2.05, 4.69) is 19.7 Å². The number of rotatable bonds is 1. The Morgan fingerprint density at radius 3 is 3.07 bits per heavy atom. The molecule has 0 saturated heterocycles. The summed E-state index contributed by atoms with van der Waals surface area (Å²) in [6.07, 6.45) is 2.84. The highest BCUT2D eigenvalue weighted by Crippen LogP contribution is 2.19. The van der Waals surface area contributed by atoms with Crippen molar-refractivity contribution in [3.05, 3.63) is 18.2 Å². The molecule has 0 atom stereocenters. The third kappa shape index (κ3) is 1.08. The van der Waals surface area contributed by atoms with Crippen LogP contribution in [-0.2, 0) is 4.74 Å². The van der Waals surface area contributed by atoms with Crippen LogP contribution >= 0.6 is 0 Å². The van der Waals surface area contributed by atoms with E-state index in [1.807, 2.05) is 0 Å². The fourth-order valence-electron chi connectivity index (χ4n) is 1.21. The number of aromatic nitrogens is 3. The summed E-state index contributed by atoms with van der Waals surface area (Å²) >= 11 is 0. The summed E-state index contributed by atoms with van der Waals surface area (Å²) in [4.78, 5) is 21.8. The zero-order valence-corrected chi connectivity index (χ0v) is 7.44. The average molecular weight is 192 g/mol. The number of H-pyrrole nitrogens is 1. The van der Waals surface area contributed by atoms with Crippen molar-refractivity contribution < 1.29 is 9.53 Å². The Morgan fingerprint density at radius 2 is 2.36 bits per heavy atom. The molecule has 14 heavy (non-hydrogen) atoms. The van der Waals surface area contributed by atoms with Crippen LogP contribution in [0.5, 0.6) is 0 Å². The highest BCUT2D eigenvalue weighted by molar-refractivity contribution is 6.02. The number of aromatic amines is 1. The molecule has 6 heteroatoms. The molecular formula is C8H8N4O2. The van der Waals surface area contributed by atoms with E-state index >= 15 is 0 Å². The number of fused-ring (bicyclic) bond motifs is 1. The zero-order chi connectivity index (χ0) is 10.1. The molecule has 0 aliphatic heterocycles. The Balaban J connectivity index is 2.71. The third-order valence-corrected chi connectivity index (χ3v) is 1.87. The standard InChI is InChI=1S/C8H8N4O2/c1-14-8(13)7-6-5(11-3-12-7)4(9)2-10-6/h2-3,10H,9H2,1H3. The van der Waals surface area contributed by atoms with Gasteiger partial charge >= 0.3 is 5.97 Å². The van der Waals surface area contributed by atoms with Crippen molar-refractivity contribution in [2.75, 3.05) is 12.8 Å². The third-order valence-electron chi connectivity index (χ3n) is 1.87. The molecule has 0 radical (unpaired) electrons. The molecule has 0 unspecified atom stereocenters. The van der Waals surface area contributed by atoms with Gasteiger partial charge in [-0.3, -0.25) is 0 Å². The van der Waals surface area contributed by atoms with Gasteiger partial charge in [-0.25, -0.2) is 14.8 Å². The van der Waals surface area contributed by atoms with Gasteiger partial charge in [0, 0.05) is 6.20 Å². The van der Waals surface area contributed by atoms with Gasteiger partial charge in [0.05, 0.1) is 12.8 Å². The van der Waals surface area contributed by atoms with Crippen LogP contribution in [0.4, 0.5) is 5.69 Å². The Bertz CT molecular complexity index is 491. The van der Waals surface area contributed by atoms with Crippen LogP contribution in [0.3, 0.4) is 0 Å². The molecule has 0 aromatic carbocycles. The van der Waals surface area contributed by atoms with E-state index in [-0.39, 0.29) is 5.69 Å². The van der Waals surface area contributed by atoms with Crippen molar-refractivity contribution >= 4 is 22.7 Å². The molecule has 0 spiro atoms. The lowest BCUT2D eigenvalue weighted by Crippen LogP contribution is -2.05. The number of anilines is 1. The fourth-order valence-corrected chi connectivity index (χ4v) is 1.21. The predicted molar refractivity (Wildman–Crippen MR) is 49.6 cm³/mol. The van der Waals surface area contributed by atoms with E-state index in [4.69, 9.17) is 5.73 Å². The van der Waals surface area contributed by atoms with Gasteiger partial charge in [-0.1, -0.05) is 0 Å². The highest BCUT2D eigenvalue weighted by Gasteiger charge is 2.14. The lowest BCUT2D eigenvalue weighted by atomic mass is 10.3. The molecule has 0 aliphatic carbocycles. The quantitative estimate of drug-likeness (QED) is 0.635. The SMILES string of the molecule is COC(=O)c1ncnc2c(N)c[nH]c12. The molecule has 72 valence electrons. The van der Waals surface area contributed by atoms with E-state index < -0.39 is 5.97 Å². The van der Waals surface area contributed by atoms with Crippen LogP contribution in [0.15, 0.2) is 12.5 Å². The first-order chi connectivity index (χ1) is 6.74. The van der Waals surface area contributed by atoms with Crippen LogP contribution in [-0.4, -0.2) is 28.0 Å². The molecule has 2 rings (SSSR count). The molecule has 0 aliphatic rings. The molecule has 0 amide bonds. The minimum absolute atomic E-state index is 0.189. The van der Waals surface area contributed by atoms with Crippen LogP contribution in [0.1, 0.15) is 10.5 Å². The molecule has 0 fully saturated rings. The van der Waals surface area contributed by atoms with Gasteiger partial charge in [-0.2, -0.15) is 0 Å². The summed E-state index contributed by atoms with van der Waals surface area (Å²) in [5.74, 6) is -0.515. The second-order valence-corrected chi connectivity index (χ2v) is 2.68. The number of nitrogen functional groups attached to an aromatic ring is 1. The summed E-state index contributed by atoms with van der Waals surface area (Å²) in [5, 5.41) is 0. The van der Waals surface area contributed by atoms with Crippen LogP contribution in [0.25, 0.3) is 11.0 Å². The smallest absolute Gasteiger partial charge is 0.358 e. The molecule has 2 aromatic heterocycles. The molecule has 0 bridgehead atoms. The number of esters is 1. The number of nitrogens with one attached hydrogen (secondary N) is 1. The largest absolute Gasteiger partial charge is 0.464 e. The van der Waals surface area contributed by atoms with Crippen LogP contribution in [0, 0.1) is 0 Å². The van der Waals surface area contributed by atoms with Crippen LogP contribution in [0.2, 0.25) is 0 Å². The van der Waals surface area contributed by atoms with E-state index in [1.165, 1.54) is 13.4 Å². The number of nitrogens with zero attached hydrogens (tertiary/aromatic N) is 2. The molecule has 2 aromatic rings. The van der Waals surface area contributed by atoms with Crippen LogP contribution < -0.4 is 5.73 Å². The summed E-state index contributed by atoms with van der Waals surface area (Å²) in [7, 11) is 1.29. The van der Waals surface area contributed by atoms with Gasteiger partial charge in [0.2, 0.25) is 0 Å². The lowest BCUT2D eigenvalue weighted by molar-refractivity contribution is 0.0596. The summed E-state index contributed by atoms with van der Waals surface area (Å²) in [6, 6.07) is 0. The minimum atomic E-state index is -0.515. The topological polar surface area (TPSA) is 93.9 Å². The monoisotopic (exact) mass is 192 g/mol. The van der Waals surface area contributed by atoms with Gasteiger partial charge in [-0.05, 0) is 0 Å². The van der Waals surface area contributed by atoms with E-state index in [9.17, 15) is 4.79 Å². The number of carbonyl (C=O) groups excluding carboxylic acids is 1. The predicted octanol–water partition coefficient (Wildman–Crippen LogP) is 0.327. The minimum Gasteiger partial charge on any atom is -0.464 e. The number of nitrogens with two attached hydrogens (primary N) is 1. The van der Waals surface area contributed by atoms with Gasteiger partial charge in [0.1, 0.15) is 17.4 Å². The number of hydrogen-bond acceptors (Lipinski definition) is 5. The van der Waals surface area contributed by atoms with E-state index in [0.29, 0.717) is 16.7 Å². The van der Waals surface area contributed by atoms with Gasteiger partial charge in [0.15, 0.2) is 5.69 Å². The van der Waals surface area contributed by atoms with Crippen molar-refractivity contribution in [3.8, 4) is 0 Å². The van der Waals surface area contributed by atoms with Crippen molar-refractivity contribution in [3.63, 3.8) is 0 Å². The average Bonchev–Trinajstić information content (AvgIpc) is 2.59. The first-order valence-corrected chi connectivity index (χ1v) is 3.90. The summed E-state index contributed by atoms with van der Waals surface area (Å²) in [5.41, 5.74) is 7.31. The maximum atomic E-state index is 11.3. The Labute approximate surface area is 79.1 Å². The van der Waals surface area contributed by atoms with Crippen molar-refractivity contribution in [1.29, 1.82) is 0 Å². The van der Waals surface area contributed by atoms with E-state index in [0.717, 1.165) is 0 Å². The van der Waals surface area contributed by atoms with Gasteiger partial charge < -0.3 is 15.5 Å². The Hall–Kier alpha value is -2.11. The second kappa shape index (κ2) is 2.99. The summed E-state index contributed by atoms with van der Waals surface area (Å²) in [6.45, 7) is 0. The maximum absolute atomic E-state index is 11.3. The number of methoxy groups -OCH3 is 1. The summed E-state index contributed by atoms with van der Waals surface area (Å²) < 4.78 is 4.56. The molecule has 3 N–H and O–H groups in total. The van der Waals surface area contributed by atoms with Crippen molar-refractivity contribution in [1.82, 2.24) is 15.0 Å². The van der Waals surface area contributed by atoms with E-state index in [1.54, 1.807) is 6.20 Å². The van der Waals surface area contributed by atoms with Gasteiger partial charge in [-0.15, -0.1) is 0 Å². The van der Waals surface area contributed by atoms with Crippen molar-refractivity contribution in [2.24, 2.45) is 0 Å². The number of carbonyl (C=O) groups is 1. The Kier molecular flexibility index (Phi) is 1.81. The molecular weight excluding hydrogens is 184 g/mol. The van der Waals surface area contributed by atoms with Gasteiger partial charge in [0.25, 0.3) is 0 Å². The molecule has 6 nitrogen and oxygen atoms in total. The Morgan fingerprint density at radius 1 is 1.57 bits per heavy atom. The number of hydrogen-bond donors (Lipinski definition) is 2.